The number of hydrogen-bond acceptors (Lipinski definition) is 7. The van der Waals surface area contributed by atoms with Crippen LogP contribution in [0.25, 0.3) is 0 Å². The van der Waals surface area contributed by atoms with E-state index in [1.165, 1.54) is 21.9 Å². The largest absolute Gasteiger partial charge is 0.462 e. The molecule has 0 atom stereocenters. The molecule has 160 valence electrons. The first-order valence-electron chi connectivity index (χ1n) is 9.50. The summed E-state index contributed by atoms with van der Waals surface area (Å²) in [4.78, 5) is 44.4. The normalized spacial score (nSPS) is 13.3. The van der Waals surface area contributed by atoms with E-state index in [0.717, 1.165) is 11.3 Å². The Morgan fingerprint density at radius 2 is 2.07 bits per heavy atom. The van der Waals surface area contributed by atoms with Gasteiger partial charge in [-0.05, 0) is 31.5 Å². The minimum Gasteiger partial charge on any atom is -0.462 e. The summed E-state index contributed by atoms with van der Waals surface area (Å²) in [5.74, 6) is -1.14. The van der Waals surface area contributed by atoms with Gasteiger partial charge in [-0.25, -0.2) is 19.0 Å². The van der Waals surface area contributed by atoms with Crippen LogP contribution in [0.15, 0.2) is 24.3 Å². The number of thiazole rings is 1. The van der Waals surface area contributed by atoms with Gasteiger partial charge >= 0.3 is 12.1 Å². The highest BCUT2D eigenvalue weighted by atomic mass is 32.1. The molecule has 0 N–H and O–H groups in total. The molecule has 1 saturated heterocycles. The Bertz CT molecular complexity index is 931. The maximum absolute atomic E-state index is 13.3. The highest BCUT2D eigenvalue weighted by Gasteiger charge is 2.27. The van der Waals surface area contributed by atoms with Gasteiger partial charge < -0.3 is 14.4 Å². The van der Waals surface area contributed by atoms with Crippen molar-refractivity contribution in [2.75, 3.05) is 31.2 Å². The number of rotatable bonds is 8. The van der Waals surface area contributed by atoms with Gasteiger partial charge in [0, 0.05) is 13.0 Å². The lowest BCUT2D eigenvalue weighted by Gasteiger charge is -2.21. The van der Waals surface area contributed by atoms with Crippen molar-refractivity contribution in [3.05, 3.63) is 46.2 Å². The number of anilines is 1. The number of aromatic nitrogens is 1. The molecule has 3 rings (SSSR count). The molecule has 0 spiro atoms. The molecule has 0 bridgehead atoms. The summed E-state index contributed by atoms with van der Waals surface area (Å²) >= 11 is 1.07. The number of amides is 2. The molecule has 1 fully saturated rings. The Balaban J connectivity index is 1.82. The number of aryl methyl sites for hydroxylation is 1. The summed E-state index contributed by atoms with van der Waals surface area (Å²) in [7, 11) is 0. The first-order valence-corrected chi connectivity index (χ1v) is 10.3. The molecule has 0 saturated carbocycles. The van der Waals surface area contributed by atoms with E-state index in [-0.39, 0.29) is 37.8 Å². The predicted octanol–water partition coefficient (Wildman–Crippen LogP) is 3.14. The van der Waals surface area contributed by atoms with Crippen molar-refractivity contribution in [2.24, 2.45) is 0 Å². The van der Waals surface area contributed by atoms with E-state index in [0.29, 0.717) is 34.4 Å². The van der Waals surface area contributed by atoms with Crippen molar-refractivity contribution in [2.45, 2.75) is 26.8 Å². The first kappa shape index (κ1) is 21.7. The summed E-state index contributed by atoms with van der Waals surface area (Å²) in [5, 5.41) is 0.342. The minimum atomic E-state index is -0.493. The van der Waals surface area contributed by atoms with Crippen LogP contribution >= 0.6 is 11.3 Å². The number of carbonyl (C=O) groups is 3. The van der Waals surface area contributed by atoms with Crippen LogP contribution in [0.1, 0.15) is 34.3 Å². The van der Waals surface area contributed by atoms with Gasteiger partial charge in [0.25, 0.3) is 0 Å². The van der Waals surface area contributed by atoms with Gasteiger partial charge in [0.15, 0.2) is 5.13 Å². The zero-order valence-corrected chi connectivity index (χ0v) is 17.5. The van der Waals surface area contributed by atoms with E-state index in [1.54, 1.807) is 26.0 Å². The lowest BCUT2D eigenvalue weighted by molar-refractivity contribution is -0.118. The number of nitrogens with zero attached hydrogens (tertiary/aromatic N) is 3. The van der Waals surface area contributed by atoms with Crippen LogP contribution in [0, 0.1) is 12.7 Å². The van der Waals surface area contributed by atoms with E-state index >= 15 is 0 Å². The van der Waals surface area contributed by atoms with E-state index in [4.69, 9.17) is 9.47 Å². The Kier molecular flexibility index (Phi) is 6.99. The number of esters is 1. The van der Waals surface area contributed by atoms with Crippen LogP contribution < -0.4 is 4.90 Å². The predicted molar refractivity (Wildman–Crippen MR) is 108 cm³/mol. The van der Waals surface area contributed by atoms with Crippen LogP contribution in [-0.2, 0) is 20.8 Å². The van der Waals surface area contributed by atoms with Crippen LogP contribution in [0.3, 0.4) is 0 Å². The van der Waals surface area contributed by atoms with Crippen molar-refractivity contribution in [3.8, 4) is 0 Å². The third-order valence-electron chi connectivity index (χ3n) is 4.47. The van der Waals surface area contributed by atoms with Crippen molar-refractivity contribution in [3.63, 3.8) is 0 Å². The average Bonchev–Trinajstić information content (AvgIpc) is 3.31. The molecule has 1 aromatic carbocycles. The highest BCUT2D eigenvalue weighted by Crippen LogP contribution is 2.29. The van der Waals surface area contributed by atoms with Gasteiger partial charge in [0.2, 0.25) is 5.91 Å². The number of hydrogen-bond donors (Lipinski definition) is 0. The Labute approximate surface area is 177 Å². The number of cyclic esters (lactones) is 1. The second-order valence-electron chi connectivity index (χ2n) is 6.59. The molecule has 2 amide bonds. The van der Waals surface area contributed by atoms with Gasteiger partial charge in [-0.15, -0.1) is 0 Å². The molecule has 1 aliphatic rings. The third-order valence-corrected chi connectivity index (χ3v) is 5.63. The number of ether oxygens (including phenoxy) is 2. The standard InChI is InChI=1S/C20H22FN3O5S/c1-3-28-18(26)17-13(2)22-19(30-17)24(12-14-4-6-15(21)7-5-14)16(25)8-9-23-10-11-29-20(23)27/h4-7H,3,8-12H2,1-2H3. The SMILES string of the molecule is CCOC(=O)c1sc(N(Cc2ccc(F)cc2)C(=O)CCN2CCOC2=O)nc1C. The van der Waals surface area contributed by atoms with Gasteiger partial charge in [0.1, 0.15) is 17.3 Å². The molecule has 10 heteroatoms. The maximum Gasteiger partial charge on any atom is 0.409 e. The average molecular weight is 435 g/mol. The monoisotopic (exact) mass is 435 g/mol. The molecule has 2 aromatic rings. The van der Waals surface area contributed by atoms with E-state index in [9.17, 15) is 18.8 Å². The fraction of sp³-hybridized carbons (Fsp3) is 0.400. The number of benzene rings is 1. The second kappa shape index (κ2) is 9.66. The minimum absolute atomic E-state index is 0.0592. The summed E-state index contributed by atoms with van der Waals surface area (Å²) in [6, 6.07) is 5.80. The van der Waals surface area contributed by atoms with Crippen LogP contribution in [0.2, 0.25) is 0 Å². The lowest BCUT2D eigenvalue weighted by atomic mass is 10.2. The van der Waals surface area contributed by atoms with Gasteiger partial charge in [0.05, 0.1) is 25.4 Å². The molecular weight excluding hydrogens is 413 g/mol. The zero-order chi connectivity index (χ0) is 21.7. The smallest absolute Gasteiger partial charge is 0.409 e. The second-order valence-corrected chi connectivity index (χ2v) is 7.57. The van der Waals surface area contributed by atoms with Gasteiger partial charge in [-0.2, -0.15) is 0 Å². The Morgan fingerprint density at radius 1 is 1.33 bits per heavy atom. The molecule has 0 unspecified atom stereocenters. The first-order chi connectivity index (χ1) is 14.4. The fourth-order valence-corrected chi connectivity index (χ4v) is 3.89. The highest BCUT2D eigenvalue weighted by molar-refractivity contribution is 7.17. The van der Waals surface area contributed by atoms with Gasteiger partial charge in [-0.3, -0.25) is 9.69 Å². The van der Waals surface area contributed by atoms with Crippen molar-refractivity contribution in [1.82, 2.24) is 9.88 Å². The molecule has 1 aromatic heterocycles. The van der Waals surface area contributed by atoms with E-state index in [1.807, 2.05) is 0 Å². The Morgan fingerprint density at radius 3 is 2.70 bits per heavy atom. The molecule has 1 aliphatic heterocycles. The zero-order valence-electron chi connectivity index (χ0n) is 16.7. The molecule has 2 heterocycles. The molecular formula is C20H22FN3O5S. The van der Waals surface area contributed by atoms with E-state index < -0.39 is 12.1 Å². The van der Waals surface area contributed by atoms with Crippen LogP contribution in [-0.4, -0.2) is 54.2 Å². The van der Waals surface area contributed by atoms with Crippen molar-refractivity contribution < 1.29 is 28.2 Å². The third kappa shape index (κ3) is 5.12. The summed E-state index contributed by atoms with van der Waals surface area (Å²) in [6.45, 7) is 4.73. The molecule has 0 radical (unpaired) electrons. The van der Waals surface area contributed by atoms with Crippen molar-refractivity contribution in [1.29, 1.82) is 0 Å². The molecule has 30 heavy (non-hydrogen) atoms. The van der Waals surface area contributed by atoms with Crippen LogP contribution in [0.5, 0.6) is 0 Å². The van der Waals surface area contributed by atoms with E-state index in [2.05, 4.69) is 4.98 Å². The van der Waals surface area contributed by atoms with Crippen molar-refractivity contribution >= 4 is 34.4 Å². The summed E-state index contributed by atoms with van der Waals surface area (Å²) in [6.07, 6.45) is -0.383. The topological polar surface area (TPSA) is 89.0 Å². The fourth-order valence-electron chi connectivity index (χ4n) is 2.91. The van der Waals surface area contributed by atoms with Gasteiger partial charge in [-0.1, -0.05) is 23.5 Å². The number of halogens is 1. The number of carbonyl (C=O) groups excluding carboxylic acids is 3. The van der Waals surface area contributed by atoms with Crippen LogP contribution in [0.4, 0.5) is 14.3 Å². The summed E-state index contributed by atoms with van der Waals surface area (Å²) < 4.78 is 23.2. The molecule has 8 nitrogen and oxygen atoms in total. The quantitative estimate of drug-likeness (QED) is 0.592. The summed E-state index contributed by atoms with van der Waals surface area (Å²) in [5.41, 5.74) is 1.17. The molecule has 0 aliphatic carbocycles. The maximum atomic E-state index is 13.3. The lowest BCUT2D eigenvalue weighted by Crippen LogP contribution is -2.34. The Hall–Kier alpha value is -3.01.